The first-order valence-corrected chi connectivity index (χ1v) is 7.45. The molecule has 110 valence electrons. The normalized spacial score (nSPS) is 14.9. The molecule has 0 bridgehead atoms. The molecular formula is C17H25NO2. The molecule has 0 spiro atoms. The van der Waals surface area contributed by atoms with Gasteiger partial charge < -0.3 is 14.8 Å². The van der Waals surface area contributed by atoms with Crippen molar-refractivity contribution < 1.29 is 9.52 Å². The van der Waals surface area contributed by atoms with Gasteiger partial charge >= 0.3 is 0 Å². The van der Waals surface area contributed by atoms with Crippen LogP contribution in [-0.2, 0) is 6.42 Å². The number of para-hydroxylation sites is 1. The molecule has 20 heavy (non-hydrogen) atoms. The smallest absolute Gasteiger partial charge is 0.134 e. The molecule has 0 fully saturated rings. The molecular weight excluding hydrogens is 250 g/mol. The lowest BCUT2D eigenvalue weighted by Gasteiger charge is -2.24. The number of benzene rings is 1. The van der Waals surface area contributed by atoms with Crippen LogP contribution in [0.3, 0.4) is 0 Å². The summed E-state index contributed by atoms with van der Waals surface area (Å²) in [4.78, 5) is 0. The third-order valence-corrected chi connectivity index (χ3v) is 3.94. The Balaban J connectivity index is 2.31. The summed E-state index contributed by atoms with van der Waals surface area (Å²) in [7, 11) is 0. The predicted octanol–water partition coefficient (Wildman–Crippen LogP) is 3.66. The van der Waals surface area contributed by atoms with Gasteiger partial charge in [0.15, 0.2) is 0 Å². The first-order chi connectivity index (χ1) is 9.58. The molecule has 3 nitrogen and oxygen atoms in total. The third kappa shape index (κ3) is 2.89. The summed E-state index contributed by atoms with van der Waals surface area (Å²) in [5.74, 6) is 1.38. The van der Waals surface area contributed by atoms with E-state index in [0.29, 0.717) is 5.92 Å². The second kappa shape index (κ2) is 6.42. The SMILES string of the molecule is CCc1c(C(C)NC(CO)C(C)C)oc2ccccc12. The number of fused-ring (bicyclic) bond motifs is 1. The maximum absolute atomic E-state index is 9.47. The number of hydrogen-bond acceptors (Lipinski definition) is 3. The number of aryl methyl sites for hydroxylation is 1. The number of nitrogens with one attached hydrogen (secondary N) is 1. The van der Waals surface area contributed by atoms with E-state index < -0.39 is 0 Å². The van der Waals surface area contributed by atoms with E-state index in [2.05, 4.69) is 39.1 Å². The highest BCUT2D eigenvalue weighted by atomic mass is 16.3. The van der Waals surface area contributed by atoms with Gasteiger partial charge in [-0.05, 0) is 25.3 Å². The maximum atomic E-state index is 9.47. The summed E-state index contributed by atoms with van der Waals surface area (Å²) in [6.07, 6.45) is 0.948. The minimum Gasteiger partial charge on any atom is -0.459 e. The summed E-state index contributed by atoms with van der Waals surface area (Å²) in [6.45, 7) is 8.62. The second-order valence-corrected chi connectivity index (χ2v) is 5.72. The van der Waals surface area contributed by atoms with Crippen molar-refractivity contribution in [2.45, 2.75) is 46.2 Å². The number of aliphatic hydroxyl groups is 1. The zero-order chi connectivity index (χ0) is 14.7. The summed E-state index contributed by atoms with van der Waals surface area (Å²) in [6, 6.07) is 8.34. The molecule has 3 heteroatoms. The maximum Gasteiger partial charge on any atom is 0.134 e. The fourth-order valence-electron chi connectivity index (χ4n) is 2.68. The van der Waals surface area contributed by atoms with E-state index in [0.717, 1.165) is 17.8 Å². The van der Waals surface area contributed by atoms with Crippen LogP contribution in [0.4, 0.5) is 0 Å². The molecule has 2 unspecified atom stereocenters. The van der Waals surface area contributed by atoms with Crippen LogP contribution in [0.5, 0.6) is 0 Å². The summed E-state index contributed by atoms with van der Waals surface area (Å²) in [5, 5.41) is 14.1. The first kappa shape index (κ1) is 15.1. The van der Waals surface area contributed by atoms with E-state index in [9.17, 15) is 5.11 Å². The van der Waals surface area contributed by atoms with Crippen molar-refractivity contribution in [3.8, 4) is 0 Å². The topological polar surface area (TPSA) is 45.4 Å². The van der Waals surface area contributed by atoms with Crippen molar-refractivity contribution in [2.24, 2.45) is 5.92 Å². The van der Waals surface area contributed by atoms with Crippen LogP contribution >= 0.6 is 0 Å². The van der Waals surface area contributed by atoms with Gasteiger partial charge in [0.05, 0.1) is 12.6 Å². The zero-order valence-corrected chi connectivity index (χ0v) is 12.8. The standard InChI is InChI=1S/C17H25NO2/c1-5-13-14-8-6-7-9-16(14)20-17(13)12(4)18-15(10-19)11(2)3/h6-9,11-12,15,18-19H,5,10H2,1-4H3. The molecule has 0 aliphatic carbocycles. The van der Waals surface area contributed by atoms with Gasteiger partial charge in [-0.15, -0.1) is 0 Å². The van der Waals surface area contributed by atoms with E-state index in [-0.39, 0.29) is 18.7 Å². The van der Waals surface area contributed by atoms with E-state index in [1.165, 1.54) is 10.9 Å². The lowest BCUT2D eigenvalue weighted by atomic mass is 10.0. The number of aliphatic hydroxyl groups excluding tert-OH is 1. The summed E-state index contributed by atoms with van der Waals surface area (Å²) in [5.41, 5.74) is 2.21. The van der Waals surface area contributed by atoms with Gasteiger partial charge in [-0.3, -0.25) is 0 Å². The van der Waals surface area contributed by atoms with E-state index in [1.54, 1.807) is 0 Å². The first-order valence-electron chi connectivity index (χ1n) is 7.45. The molecule has 0 saturated heterocycles. The predicted molar refractivity (Wildman–Crippen MR) is 82.9 cm³/mol. The average molecular weight is 275 g/mol. The quantitative estimate of drug-likeness (QED) is 0.845. The summed E-state index contributed by atoms with van der Waals surface area (Å²) >= 11 is 0. The minimum absolute atomic E-state index is 0.0860. The van der Waals surface area contributed by atoms with Crippen molar-refractivity contribution in [3.05, 3.63) is 35.6 Å². The Morgan fingerprint density at radius 3 is 2.50 bits per heavy atom. The number of furan rings is 1. The van der Waals surface area contributed by atoms with Crippen LogP contribution in [0.15, 0.2) is 28.7 Å². The molecule has 1 aromatic carbocycles. The van der Waals surface area contributed by atoms with Gasteiger partial charge in [-0.25, -0.2) is 0 Å². The summed E-state index contributed by atoms with van der Waals surface area (Å²) < 4.78 is 6.03. The Morgan fingerprint density at radius 1 is 1.20 bits per heavy atom. The Labute approximate surface area is 121 Å². The van der Waals surface area contributed by atoms with Gasteiger partial charge in [-0.1, -0.05) is 39.0 Å². The van der Waals surface area contributed by atoms with E-state index >= 15 is 0 Å². The molecule has 1 heterocycles. The highest BCUT2D eigenvalue weighted by Gasteiger charge is 2.21. The van der Waals surface area contributed by atoms with Gasteiger partial charge in [0.1, 0.15) is 11.3 Å². The van der Waals surface area contributed by atoms with Gasteiger partial charge in [0.2, 0.25) is 0 Å². The Hall–Kier alpha value is -1.32. The number of rotatable bonds is 6. The van der Waals surface area contributed by atoms with Crippen LogP contribution < -0.4 is 5.32 Å². The highest BCUT2D eigenvalue weighted by Crippen LogP contribution is 2.30. The van der Waals surface area contributed by atoms with E-state index in [1.807, 2.05) is 18.2 Å². The van der Waals surface area contributed by atoms with Crippen molar-refractivity contribution in [1.29, 1.82) is 0 Å². The minimum atomic E-state index is 0.0860. The fourth-order valence-corrected chi connectivity index (χ4v) is 2.68. The van der Waals surface area contributed by atoms with Crippen LogP contribution in [0, 0.1) is 5.92 Å². The average Bonchev–Trinajstić information content (AvgIpc) is 2.82. The monoisotopic (exact) mass is 275 g/mol. The second-order valence-electron chi connectivity index (χ2n) is 5.72. The molecule has 0 saturated carbocycles. The van der Waals surface area contributed by atoms with Crippen LogP contribution in [-0.4, -0.2) is 17.8 Å². The van der Waals surface area contributed by atoms with Crippen molar-refractivity contribution >= 4 is 11.0 Å². The lowest BCUT2D eigenvalue weighted by molar-refractivity contribution is 0.197. The molecule has 1 aromatic heterocycles. The van der Waals surface area contributed by atoms with Crippen molar-refractivity contribution in [1.82, 2.24) is 5.32 Å². The molecule has 0 radical (unpaired) electrons. The molecule has 0 aliphatic heterocycles. The lowest BCUT2D eigenvalue weighted by Crippen LogP contribution is -2.38. The van der Waals surface area contributed by atoms with Crippen LogP contribution in [0.2, 0.25) is 0 Å². The Kier molecular flexibility index (Phi) is 4.84. The van der Waals surface area contributed by atoms with Crippen molar-refractivity contribution in [2.75, 3.05) is 6.61 Å². The Morgan fingerprint density at radius 2 is 1.90 bits per heavy atom. The van der Waals surface area contributed by atoms with Gasteiger partial charge in [0.25, 0.3) is 0 Å². The molecule has 0 aliphatic rings. The zero-order valence-electron chi connectivity index (χ0n) is 12.8. The van der Waals surface area contributed by atoms with Gasteiger partial charge in [-0.2, -0.15) is 0 Å². The van der Waals surface area contributed by atoms with Gasteiger partial charge in [0, 0.05) is 17.0 Å². The van der Waals surface area contributed by atoms with Crippen LogP contribution in [0.1, 0.15) is 45.1 Å². The van der Waals surface area contributed by atoms with Crippen molar-refractivity contribution in [3.63, 3.8) is 0 Å². The molecule has 2 atom stereocenters. The molecule has 2 aromatic rings. The Bertz CT molecular complexity index is 559. The third-order valence-electron chi connectivity index (χ3n) is 3.94. The molecule has 0 amide bonds. The highest BCUT2D eigenvalue weighted by molar-refractivity contribution is 5.82. The molecule has 2 rings (SSSR count). The number of hydrogen-bond donors (Lipinski definition) is 2. The van der Waals surface area contributed by atoms with E-state index in [4.69, 9.17) is 4.42 Å². The largest absolute Gasteiger partial charge is 0.459 e. The molecule has 2 N–H and O–H groups in total. The van der Waals surface area contributed by atoms with Crippen LogP contribution in [0.25, 0.3) is 11.0 Å². The fraction of sp³-hybridized carbons (Fsp3) is 0.529.